The molecule has 22 heavy (non-hydrogen) atoms. The molecule has 1 rings (SSSR count). The number of ether oxygens (including phenoxy) is 2. The van der Waals surface area contributed by atoms with Crippen molar-refractivity contribution in [3.05, 3.63) is 32.7 Å². The van der Waals surface area contributed by atoms with Crippen LogP contribution in [0.5, 0.6) is 0 Å². The third-order valence-corrected chi connectivity index (χ3v) is 3.51. The standard InChI is InChI=1S/C16H22N2O4/c1-11-13(12(2)18-16(20)14(11)10-17)6-7-15(19)22-9-5-4-8-21-3/h4-9H2,1-3H3,(H,18,20). The molecule has 0 aliphatic heterocycles. The zero-order chi connectivity index (χ0) is 16.5. The van der Waals surface area contributed by atoms with Crippen LogP contribution in [0.1, 0.15) is 41.6 Å². The van der Waals surface area contributed by atoms with Crippen molar-refractivity contribution >= 4 is 5.97 Å². The van der Waals surface area contributed by atoms with Gasteiger partial charge in [0.1, 0.15) is 11.6 Å². The number of hydrogen-bond acceptors (Lipinski definition) is 5. The summed E-state index contributed by atoms with van der Waals surface area (Å²) in [5, 5.41) is 9.01. The van der Waals surface area contributed by atoms with Crippen molar-refractivity contribution in [1.29, 1.82) is 5.26 Å². The number of rotatable bonds is 8. The van der Waals surface area contributed by atoms with E-state index in [1.54, 1.807) is 21.0 Å². The summed E-state index contributed by atoms with van der Waals surface area (Å²) >= 11 is 0. The Kier molecular flexibility index (Phi) is 7.33. The van der Waals surface area contributed by atoms with Gasteiger partial charge < -0.3 is 14.5 Å². The fraction of sp³-hybridized carbons (Fsp3) is 0.562. The van der Waals surface area contributed by atoms with E-state index in [2.05, 4.69) is 4.98 Å². The highest BCUT2D eigenvalue weighted by Gasteiger charge is 2.13. The number of aryl methyl sites for hydroxylation is 1. The summed E-state index contributed by atoms with van der Waals surface area (Å²) in [6.07, 6.45) is 2.30. The Balaban J connectivity index is 2.56. The second-order valence-electron chi connectivity index (χ2n) is 5.09. The Labute approximate surface area is 130 Å². The van der Waals surface area contributed by atoms with Crippen LogP contribution in [0.25, 0.3) is 0 Å². The number of nitrogens with zero attached hydrogens (tertiary/aromatic N) is 1. The molecule has 120 valence electrons. The minimum Gasteiger partial charge on any atom is -0.466 e. The van der Waals surface area contributed by atoms with E-state index in [1.807, 2.05) is 6.07 Å². The molecule has 0 aliphatic carbocycles. The molecule has 0 saturated heterocycles. The first-order chi connectivity index (χ1) is 10.5. The van der Waals surface area contributed by atoms with Gasteiger partial charge in [0.15, 0.2) is 0 Å². The smallest absolute Gasteiger partial charge is 0.306 e. The minimum absolute atomic E-state index is 0.105. The molecule has 0 radical (unpaired) electrons. The number of carbonyl (C=O) groups is 1. The number of carbonyl (C=O) groups excluding carboxylic acids is 1. The number of aromatic nitrogens is 1. The van der Waals surface area contributed by atoms with Gasteiger partial charge in [-0.05, 0) is 44.2 Å². The van der Waals surface area contributed by atoms with Crippen LogP contribution in [0.4, 0.5) is 0 Å². The SMILES string of the molecule is COCCCCOC(=O)CCc1c(C)[nH]c(=O)c(C#N)c1C. The Hall–Kier alpha value is -2.13. The van der Waals surface area contributed by atoms with Crippen LogP contribution < -0.4 is 5.56 Å². The lowest BCUT2D eigenvalue weighted by molar-refractivity contribution is -0.143. The normalized spacial score (nSPS) is 10.3. The van der Waals surface area contributed by atoms with E-state index < -0.39 is 0 Å². The van der Waals surface area contributed by atoms with Gasteiger partial charge in [0.05, 0.1) is 6.61 Å². The van der Waals surface area contributed by atoms with E-state index in [-0.39, 0.29) is 23.5 Å². The van der Waals surface area contributed by atoms with Gasteiger partial charge in [-0.15, -0.1) is 0 Å². The van der Waals surface area contributed by atoms with Gasteiger partial charge in [0.2, 0.25) is 0 Å². The quantitative estimate of drug-likeness (QED) is 0.583. The van der Waals surface area contributed by atoms with Crippen LogP contribution in [0.15, 0.2) is 4.79 Å². The first-order valence-corrected chi connectivity index (χ1v) is 7.28. The van der Waals surface area contributed by atoms with Gasteiger partial charge >= 0.3 is 5.97 Å². The third kappa shape index (κ3) is 5.01. The molecule has 0 aliphatic rings. The molecule has 0 amide bonds. The number of H-pyrrole nitrogens is 1. The lowest BCUT2D eigenvalue weighted by Crippen LogP contribution is -2.17. The lowest BCUT2D eigenvalue weighted by Gasteiger charge is -2.10. The van der Waals surface area contributed by atoms with Crippen molar-refractivity contribution in [2.24, 2.45) is 0 Å². The molecule has 6 nitrogen and oxygen atoms in total. The van der Waals surface area contributed by atoms with E-state index in [9.17, 15) is 9.59 Å². The summed E-state index contributed by atoms with van der Waals surface area (Å²) in [5.74, 6) is -0.277. The molecule has 0 saturated carbocycles. The monoisotopic (exact) mass is 306 g/mol. The Bertz CT molecular complexity index is 614. The average molecular weight is 306 g/mol. The topological polar surface area (TPSA) is 92.2 Å². The third-order valence-electron chi connectivity index (χ3n) is 3.51. The van der Waals surface area contributed by atoms with Crippen LogP contribution in [0.2, 0.25) is 0 Å². The molecule has 0 unspecified atom stereocenters. The second kappa shape index (κ2) is 9.00. The number of nitriles is 1. The predicted molar refractivity (Wildman–Crippen MR) is 81.6 cm³/mol. The number of nitrogens with one attached hydrogen (secondary N) is 1. The average Bonchev–Trinajstić information content (AvgIpc) is 2.46. The fourth-order valence-corrected chi connectivity index (χ4v) is 2.25. The van der Waals surface area contributed by atoms with Gasteiger partial charge in [0, 0.05) is 25.8 Å². The van der Waals surface area contributed by atoms with Gasteiger partial charge in [-0.2, -0.15) is 5.26 Å². The Morgan fingerprint density at radius 1 is 1.27 bits per heavy atom. The summed E-state index contributed by atoms with van der Waals surface area (Å²) < 4.78 is 10.1. The van der Waals surface area contributed by atoms with Gasteiger partial charge in [-0.25, -0.2) is 0 Å². The zero-order valence-corrected chi connectivity index (χ0v) is 13.3. The maximum Gasteiger partial charge on any atom is 0.306 e. The molecule has 0 aromatic carbocycles. The number of aromatic amines is 1. The van der Waals surface area contributed by atoms with Crippen LogP contribution in [-0.2, 0) is 20.7 Å². The molecule has 0 fully saturated rings. The largest absolute Gasteiger partial charge is 0.466 e. The van der Waals surface area contributed by atoms with Crippen LogP contribution in [-0.4, -0.2) is 31.3 Å². The molecule has 1 aromatic rings. The van der Waals surface area contributed by atoms with Crippen molar-refractivity contribution in [2.75, 3.05) is 20.3 Å². The van der Waals surface area contributed by atoms with Gasteiger partial charge in [0.25, 0.3) is 5.56 Å². The predicted octanol–water partition coefficient (Wildman–Crippen LogP) is 1.77. The maximum atomic E-state index is 11.7. The molecule has 1 aromatic heterocycles. The summed E-state index contributed by atoms with van der Waals surface area (Å²) in [7, 11) is 1.64. The first-order valence-electron chi connectivity index (χ1n) is 7.28. The number of unbranched alkanes of at least 4 members (excludes halogenated alkanes) is 1. The highest BCUT2D eigenvalue weighted by Crippen LogP contribution is 2.15. The van der Waals surface area contributed by atoms with Crippen LogP contribution in [0.3, 0.4) is 0 Å². The number of esters is 1. The Morgan fingerprint density at radius 3 is 2.59 bits per heavy atom. The molecule has 0 spiro atoms. The zero-order valence-electron chi connectivity index (χ0n) is 13.3. The molecule has 6 heteroatoms. The van der Waals surface area contributed by atoms with Crippen molar-refractivity contribution < 1.29 is 14.3 Å². The fourth-order valence-electron chi connectivity index (χ4n) is 2.25. The highest BCUT2D eigenvalue weighted by atomic mass is 16.5. The van der Waals surface area contributed by atoms with Gasteiger partial charge in [-0.3, -0.25) is 9.59 Å². The molecular weight excluding hydrogens is 284 g/mol. The van der Waals surface area contributed by atoms with E-state index in [1.165, 1.54) is 0 Å². The lowest BCUT2D eigenvalue weighted by atomic mass is 9.99. The molecule has 1 N–H and O–H groups in total. The molecule has 1 heterocycles. The molecule has 0 atom stereocenters. The summed E-state index contributed by atoms with van der Waals surface area (Å²) in [4.78, 5) is 26.0. The molecule has 0 bridgehead atoms. The van der Waals surface area contributed by atoms with E-state index in [0.29, 0.717) is 30.9 Å². The van der Waals surface area contributed by atoms with Crippen LogP contribution >= 0.6 is 0 Å². The van der Waals surface area contributed by atoms with E-state index in [0.717, 1.165) is 18.4 Å². The van der Waals surface area contributed by atoms with Crippen LogP contribution in [0, 0.1) is 25.2 Å². The number of pyridine rings is 1. The number of hydrogen-bond donors (Lipinski definition) is 1. The first kappa shape index (κ1) is 17.9. The maximum absolute atomic E-state index is 11.7. The Morgan fingerprint density at radius 2 is 1.95 bits per heavy atom. The minimum atomic E-state index is -0.387. The van der Waals surface area contributed by atoms with E-state index >= 15 is 0 Å². The van der Waals surface area contributed by atoms with Crippen molar-refractivity contribution in [2.45, 2.75) is 39.5 Å². The van der Waals surface area contributed by atoms with E-state index in [4.69, 9.17) is 14.7 Å². The second-order valence-corrected chi connectivity index (χ2v) is 5.09. The summed E-state index contributed by atoms with van der Waals surface area (Å²) in [6, 6.07) is 1.90. The highest BCUT2D eigenvalue weighted by molar-refractivity contribution is 5.69. The number of methoxy groups -OCH3 is 1. The summed E-state index contributed by atoms with van der Waals surface area (Å²) in [6.45, 7) is 4.53. The van der Waals surface area contributed by atoms with Crippen molar-refractivity contribution in [3.8, 4) is 6.07 Å². The van der Waals surface area contributed by atoms with Crippen molar-refractivity contribution in [1.82, 2.24) is 4.98 Å². The summed E-state index contributed by atoms with van der Waals surface area (Å²) in [5.41, 5.74) is 1.87. The molecular formula is C16H22N2O4. The van der Waals surface area contributed by atoms with Crippen molar-refractivity contribution in [3.63, 3.8) is 0 Å². The van der Waals surface area contributed by atoms with Gasteiger partial charge in [-0.1, -0.05) is 0 Å².